The van der Waals surface area contributed by atoms with E-state index in [2.05, 4.69) is 20.8 Å². The highest BCUT2D eigenvalue weighted by Crippen LogP contribution is 2.39. The van der Waals surface area contributed by atoms with Gasteiger partial charge in [0.2, 0.25) is 0 Å². The Labute approximate surface area is 241 Å². The summed E-state index contributed by atoms with van der Waals surface area (Å²) in [7, 11) is 1.62. The Morgan fingerprint density at radius 2 is 0.605 bits per heavy atom. The second-order valence-electron chi connectivity index (χ2n) is 12.5. The molecule has 228 valence electrons. The zero-order chi connectivity index (χ0) is 28.0. The van der Waals surface area contributed by atoms with Crippen LogP contribution < -0.4 is 0 Å². The van der Waals surface area contributed by atoms with Crippen LogP contribution in [0.3, 0.4) is 0 Å². The van der Waals surface area contributed by atoms with Crippen molar-refractivity contribution >= 4 is 5.97 Å². The van der Waals surface area contributed by atoms with Crippen LogP contribution >= 0.6 is 0 Å². The fraction of sp³-hybridized carbons (Fsp3) is 0.972. The van der Waals surface area contributed by atoms with Gasteiger partial charge in [-0.2, -0.15) is 0 Å². The average Bonchev–Trinajstić information content (AvgIpc) is 2.93. The number of esters is 1. The van der Waals surface area contributed by atoms with Gasteiger partial charge in [0, 0.05) is 0 Å². The molecule has 0 aliphatic carbocycles. The van der Waals surface area contributed by atoms with Crippen molar-refractivity contribution in [2.45, 2.75) is 213 Å². The summed E-state index contributed by atoms with van der Waals surface area (Å²) in [4.78, 5) is 13.2. The lowest BCUT2D eigenvalue weighted by Crippen LogP contribution is -2.32. The Hall–Kier alpha value is -0.530. The van der Waals surface area contributed by atoms with Gasteiger partial charge < -0.3 is 4.74 Å². The van der Waals surface area contributed by atoms with Crippen LogP contribution in [0.15, 0.2) is 0 Å². The van der Waals surface area contributed by atoms with E-state index in [0.717, 1.165) is 19.3 Å². The molecule has 2 nitrogen and oxygen atoms in total. The summed E-state index contributed by atoms with van der Waals surface area (Å²) >= 11 is 0. The summed E-state index contributed by atoms with van der Waals surface area (Å²) in [6.07, 6.45) is 39.4. The van der Waals surface area contributed by atoms with Gasteiger partial charge in [-0.25, -0.2) is 0 Å². The van der Waals surface area contributed by atoms with E-state index < -0.39 is 0 Å². The predicted octanol–water partition coefficient (Wildman–Crippen LogP) is 12.9. The maximum atomic E-state index is 13.2. The van der Waals surface area contributed by atoms with Gasteiger partial charge in [-0.15, -0.1) is 0 Å². The average molecular weight is 537 g/mol. The van der Waals surface area contributed by atoms with Crippen molar-refractivity contribution < 1.29 is 9.53 Å². The molecule has 0 atom stereocenters. The maximum Gasteiger partial charge on any atom is 0.311 e. The number of carbonyl (C=O) groups is 1. The molecule has 0 amide bonds. The molecule has 0 heterocycles. The maximum absolute atomic E-state index is 13.2. The van der Waals surface area contributed by atoms with Crippen LogP contribution in [0.5, 0.6) is 0 Å². The van der Waals surface area contributed by atoms with Gasteiger partial charge in [0.05, 0.1) is 12.5 Å². The number of unbranched alkanes of at least 4 members (excludes halogenated alkanes) is 24. The summed E-state index contributed by atoms with van der Waals surface area (Å²) in [5, 5.41) is 0. The quantitative estimate of drug-likeness (QED) is 0.0650. The first-order valence-corrected chi connectivity index (χ1v) is 17.7. The van der Waals surface area contributed by atoms with E-state index in [1.807, 2.05) is 0 Å². The molecule has 0 aromatic rings. The smallest absolute Gasteiger partial charge is 0.311 e. The van der Waals surface area contributed by atoms with E-state index in [0.29, 0.717) is 0 Å². The van der Waals surface area contributed by atoms with Gasteiger partial charge in [-0.05, 0) is 19.3 Å². The first-order valence-electron chi connectivity index (χ1n) is 17.7. The first kappa shape index (κ1) is 37.5. The standard InChI is InChI=1S/C36H72O2/c1-5-8-11-14-17-20-23-26-29-32-36(35(37)38-4,33-30-27-24-21-18-15-12-9-6-2)34-31-28-25-22-19-16-13-10-7-3/h5-34H2,1-4H3. The van der Waals surface area contributed by atoms with Crippen LogP contribution in [0.25, 0.3) is 0 Å². The Morgan fingerprint density at radius 3 is 0.816 bits per heavy atom. The lowest BCUT2D eigenvalue weighted by Gasteiger charge is -2.31. The van der Waals surface area contributed by atoms with E-state index in [4.69, 9.17) is 4.74 Å². The van der Waals surface area contributed by atoms with Gasteiger partial charge >= 0.3 is 5.97 Å². The number of ether oxygens (including phenoxy) is 1. The van der Waals surface area contributed by atoms with Crippen molar-refractivity contribution in [2.75, 3.05) is 7.11 Å². The van der Waals surface area contributed by atoms with Crippen LogP contribution in [0.2, 0.25) is 0 Å². The highest BCUT2D eigenvalue weighted by Gasteiger charge is 2.37. The molecular formula is C36H72O2. The molecule has 0 rings (SSSR count). The second-order valence-corrected chi connectivity index (χ2v) is 12.5. The van der Waals surface area contributed by atoms with Crippen molar-refractivity contribution in [2.24, 2.45) is 5.41 Å². The van der Waals surface area contributed by atoms with E-state index in [9.17, 15) is 4.79 Å². The molecule has 2 heteroatoms. The zero-order valence-corrected chi connectivity index (χ0v) is 27.0. The van der Waals surface area contributed by atoms with E-state index in [1.165, 1.54) is 173 Å². The number of rotatable bonds is 31. The Morgan fingerprint density at radius 1 is 0.395 bits per heavy atom. The molecule has 0 aliphatic heterocycles. The van der Waals surface area contributed by atoms with Gasteiger partial charge in [0.25, 0.3) is 0 Å². The van der Waals surface area contributed by atoms with Crippen molar-refractivity contribution in [3.05, 3.63) is 0 Å². The molecule has 0 aromatic heterocycles. The van der Waals surface area contributed by atoms with Crippen LogP contribution in [0.1, 0.15) is 213 Å². The van der Waals surface area contributed by atoms with E-state index in [-0.39, 0.29) is 11.4 Å². The zero-order valence-electron chi connectivity index (χ0n) is 27.0. The Balaban J connectivity index is 4.56. The van der Waals surface area contributed by atoms with Crippen LogP contribution in [0, 0.1) is 5.41 Å². The Bertz CT molecular complexity index is 417. The topological polar surface area (TPSA) is 26.3 Å². The molecule has 0 N–H and O–H groups in total. The number of methoxy groups -OCH3 is 1. The van der Waals surface area contributed by atoms with Gasteiger partial charge in [-0.1, -0.05) is 194 Å². The highest BCUT2D eigenvalue weighted by molar-refractivity contribution is 5.76. The number of hydrogen-bond acceptors (Lipinski definition) is 2. The molecule has 38 heavy (non-hydrogen) atoms. The van der Waals surface area contributed by atoms with E-state index in [1.54, 1.807) is 7.11 Å². The molecule has 0 unspecified atom stereocenters. The van der Waals surface area contributed by atoms with Crippen LogP contribution in [-0.2, 0) is 9.53 Å². The highest BCUT2D eigenvalue weighted by atomic mass is 16.5. The predicted molar refractivity (Wildman–Crippen MR) is 170 cm³/mol. The molecule has 0 saturated carbocycles. The lowest BCUT2D eigenvalue weighted by molar-refractivity contribution is -0.154. The monoisotopic (exact) mass is 537 g/mol. The first-order chi connectivity index (χ1) is 18.7. The fourth-order valence-electron chi connectivity index (χ4n) is 6.22. The summed E-state index contributed by atoms with van der Waals surface area (Å²) in [6, 6.07) is 0. The van der Waals surface area contributed by atoms with E-state index >= 15 is 0 Å². The minimum absolute atomic E-state index is 0.0937. The third kappa shape index (κ3) is 22.3. The second kappa shape index (κ2) is 29.5. The van der Waals surface area contributed by atoms with Crippen molar-refractivity contribution in [1.82, 2.24) is 0 Å². The largest absolute Gasteiger partial charge is 0.469 e. The summed E-state index contributed by atoms with van der Waals surface area (Å²) in [5.74, 6) is 0.0937. The van der Waals surface area contributed by atoms with Crippen LogP contribution in [-0.4, -0.2) is 13.1 Å². The molecule has 0 aromatic carbocycles. The summed E-state index contributed by atoms with van der Waals surface area (Å²) in [6.45, 7) is 6.87. The number of hydrogen-bond donors (Lipinski definition) is 0. The molecule has 0 aliphatic rings. The normalized spacial score (nSPS) is 11.8. The summed E-state index contributed by atoms with van der Waals surface area (Å²) < 4.78 is 5.48. The minimum atomic E-state index is -0.224. The molecular weight excluding hydrogens is 464 g/mol. The van der Waals surface area contributed by atoms with Gasteiger partial charge in [0.1, 0.15) is 0 Å². The van der Waals surface area contributed by atoms with Gasteiger partial charge in [-0.3, -0.25) is 4.79 Å². The molecule has 0 bridgehead atoms. The lowest BCUT2D eigenvalue weighted by atomic mass is 9.74. The van der Waals surface area contributed by atoms with Gasteiger partial charge in [0.15, 0.2) is 0 Å². The molecule has 0 spiro atoms. The molecule has 0 fully saturated rings. The van der Waals surface area contributed by atoms with Crippen molar-refractivity contribution in [3.8, 4) is 0 Å². The van der Waals surface area contributed by atoms with Crippen LogP contribution in [0.4, 0.5) is 0 Å². The number of carbonyl (C=O) groups excluding carboxylic acids is 1. The Kier molecular flexibility index (Phi) is 29.0. The molecule has 0 radical (unpaired) electrons. The third-order valence-electron chi connectivity index (χ3n) is 8.90. The molecule has 0 saturated heterocycles. The fourth-order valence-corrected chi connectivity index (χ4v) is 6.22. The minimum Gasteiger partial charge on any atom is -0.469 e. The van der Waals surface area contributed by atoms with Crippen molar-refractivity contribution in [1.29, 1.82) is 0 Å². The SMILES string of the molecule is CCCCCCCCCCCC(CCCCCCCCCCC)(CCCCCCCCCCC)C(=O)OC. The third-order valence-corrected chi connectivity index (χ3v) is 8.90. The summed E-state index contributed by atoms with van der Waals surface area (Å²) in [5.41, 5.74) is -0.224. The van der Waals surface area contributed by atoms with Crippen molar-refractivity contribution in [3.63, 3.8) is 0 Å².